The summed E-state index contributed by atoms with van der Waals surface area (Å²) in [5.74, 6) is 0.220. The third kappa shape index (κ3) is 6.21. The number of sulfonamides is 1. The van der Waals surface area contributed by atoms with Crippen molar-refractivity contribution in [3.05, 3.63) is 29.8 Å². The summed E-state index contributed by atoms with van der Waals surface area (Å²) in [4.78, 5) is 13.5. The van der Waals surface area contributed by atoms with Crippen LogP contribution in [0.25, 0.3) is 0 Å². The van der Waals surface area contributed by atoms with E-state index < -0.39 is 33.2 Å². The van der Waals surface area contributed by atoms with Gasteiger partial charge in [-0.25, -0.2) is 13.1 Å². The number of alkyl halides is 3. The molecule has 1 saturated heterocycles. The van der Waals surface area contributed by atoms with Crippen molar-refractivity contribution in [1.82, 2.24) is 9.62 Å². The fourth-order valence-electron chi connectivity index (χ4n) is 3.30. The number of halogens is 3. The Balaban J connectivity index is 1.98. The number of likely N-dealkylation sites (tertiary alicyclic amines) is 1. The number of benzene rings is 1. The van der Waals surface area contributed by atoms with Gasteiger partial charge in [0.25, 0.3) is 0 Å². The number of nitrogens with one attached hydrogen (secondary N) is 1. The first-order valence-electron chi connectivity index (χ1n) is 9.08. The van der Waals surface area contributed by atoms with Gasteiger partial charge in [0.05, 0.1) is 17.0 Å². The van der Waals surface area contributed by atoms with Crippen LogP contribution in [0.2, 0.25) is 0 Å². The quantitative estimate of drug-likeness (QED) is 0.787. The number of hydrogen-bond donors (Lipinski definition) is 1. The van der Waals surface area contributed by atoms with Crippen LogP contribution < -0.4 is 4.72 Å². The lowest BCUT2D eigenvalue weighted by molar-refractivity contribution is -0.137. The summed E-state index contributed by atoms with van der Waals surface area (Å²) in [5.41, 5.74) is -1.05. The number of hydrogen-bond acceptors (Lipinski definition) is 3. The van der Waals surface area contributed by atoms with Crippen LogP contribution in [0.3, 0.4) is 0 Å². The van der Waals surface area contributed by atoms with E-state index in [0.29, 0.717) is 25.1 Å². The highest BCUT2D eigenvalue weighted by Crippen LogP contribution is 2.30. The summed E-state index contributed by atoms with van der Waals surface area (Å²) in [5, 5.41) is 0. The van der Waals surface area contributed by atoms with Gasteiger partial charge in [0.1, 0.15) is 0 Å². The van der Waals surface area contributed by atoms with Crippen molar-refractivity contribution >= 4 is 15.9 Å². The number of amides is 1. The molecule has 1 aromatic rings. The molecular weight excluding hydrogens is 381 g/mol. The van der Waals surface area contributed by atoms with Gasteiger partial charge in [0.15, 0.2) is 0 Å². The molecule has 1 amide bonds. The van der Waals surface area contributed by atoms with Crippen molar-refractivity contribution in [1.29, 1.82) is 0 Å². The Morgan fingerprint density at radius 1 is 1.26 bits per heavy atom. The fourth-order valence-corrected chi connectivity index (χ4v) is 4.32. The minimum Gasteiger partial charge on any atom is -0.342 e. The number of carbonyl (C=O) groups is 1. The Bertz CT molecular complexity index is 750. The maximum Gasteiger partial charge on any atom is 0.416 e. The molecule has 9 heteroatoms. The van der Waals surface area contributed by atoms with E-state index in [4.69, 9.17) is 0 Å². The van der Waals surface area contributed by atoms with E-state index in [1.54, 1.807) is 4.90 Å². The summed E-state index contributed by atoms with van der Waals surface area (Å²) >= 11 is 0. The van der Waals surface area contributed by atoms with Crippen molar-refractivity contribution < 1.29 is 26.4 Å². The summed E-state index contributed by atoms with van der Waals surface area (Å²) in [6, 6.07) is 3.47. The predicted octanol–water partition coefficient (Wildman–Crippen LogP) is 3.41. The Labute approximate surface area is 158 Å². The second kappa shape index (κ2) is 9.05. The van der Waals surface area contributed by atoms with Gasteiger partial charge < -0.3 is 4.90 Å². The molecule has 5 nitrogen and oxygen atoms in total. The zero-order valence-corrected chi connectivity index (χ0v) is 16.1. The van der Waals surface area contributed by atoms with E-state index in [2.05, 4.69) is 11.6 Å². The molecule has 0 aliphatic carbocycles. The summed E-state index contributed by atoms with van der Waals surface area (Å²) < 4.78 is 64.9. The van der Waals surface area contributed by atoms with Crippen LogP contribution in [0.1, 0.15) is 44.6 Å². The molecular formula is C18H25F3N2O3S. The van der Waals surface area contributed by atoms with E-state index in [-0.39, 0.29) is 5.91 Å². The van der Waals surface area contributed by atoms with Gasteiger partial charge in [-0.05, 0) is 43.4 Å². The van der Waals surface area contributed by atoms with E-state index in [0.717, 1.165) is 50.3 Å². The van der Waals surface area contributed by atoms with Gasteiger partial charge in [-0.2, -0.15) is 13.2 Å². The second-order valence-corrected chi connectivity index (χ2v) is 8.58. The molecule has 27 heavy (non-hydrogen) atoms. The molecule has 152 valence electrons. The highest BCUT2D eigenvalue weighted by molar-refractivity contribution is 7.89. The van der Waals surface area contributed by atoms with Crippen LogP contribution in [-0.4, -0.2) is 38.9 Å². The SMILES string of the molecule is CCCC1CCCN(C(=O)CNS(=O)(=O)c2cccc(C(F)(F)F)c2)CC1. The average Bonchev–Trinajstić information content (AvgIpc) is 2.85. The van der Waals surface area contributed by atoms with Crippen LogP contribution in [0.4, 0.5) is 13.2 Å². The Hall–Kier alpha value is -1.61. The molecule has 1 fully saturated rings. The third-order valence-corrected chi connectivity index (χ3v) is 6.18. The average molecular weight is 406 g/mol. The molecule has 1 aliphatic heterocycles. The maximum atomic E-state index is 12.8. The molecule has 1 aromatic carbocycles. The third-order valence-electron chi connectivity index (χ3n) is 4.78. The minimum atomic E-state index is -4.64. The normalized spacial score (nSPS) is 19.0. The number of carbonyl (C=O) groups excluding carboxylic acids is 1. The van der Waals surface area contributed by atoms with E-state index in [9.17, 15) is 26.4 Å². The Kier molecular flexibility index (Phi) is 7.27. The van der Waals surface area contributed by atoms with Crippen LogP contribution in [0.15, 0.2) is 29.2 Å². The van der Waals surface area contributed by atoms with Crippen molar-refractivity contribution in [2.24, 2.45) is 5.92 Å². The van der Waals surface area contributed by atoms with E-state index in [1.165, 1.54) is 0 Å². The summed E-state index contributed by atoms with van der Waals surface area (Å²) in [6.45, 7) is 2.81. The lowest BCUT2D eigenvalue weighted by atomic mass is 9.96. The highest BCUT2D eigenvalue weighted by atomic mass is 32.2. The summed E-state index contributed by atoms with van der Waals surface area (Å²) in [7, 11) is -4.20. The van der Waals surface area contributed by atoms with Gasteiger partial charge in [-0.3, -0.25) is 4.79 Å². The lowest BCUT2D eigenvalue weighted by Crippen LogP contribution is -2.40. The highest BCUT2D eigenvalue weighted by Gasteiger charge is 2.32. The van der Waals surface area contributed by atoms with E-state index in [1.807, 2.05) is 0 Å². The van der Waals surface area contributed by atoms with Gasteiger partial charge in [0.2, 0.25) is 15.9 Å². The molecule has 1 aliphatic rings. The molecule has 1 unspecified atom stereocenters. The Morgan fingerprint density at radius 3 is 2.67 bits per heavy atom. The molecule has 1 heterocycles. The topological polar surface area (TPSA) is 66.5 Å². The fraction of sp³-hybridized carbons (Fsp3) is 0.611. The molecule has 2 rings (SSSR count). The molecule has 1 N–H and O–H groups in total. The van der Waals surface area contributed by atoms with Crippen molar-refractivity contribution in [3.8, 4) is 0 Å². The zero-order valence-electron chi connectivity index (χ0n) is 15.3. The van der Waals surface area contributed by atoms with Gasteiger partial charge in [0, 0.05) is 13.1 Å². The zero-order chi connectivity index (χ0) is 20.1. The lowest BCUT2D eigenvalue weighted by Gasteiger charge is -2.21. The van der Waals surface area contributed by atoms with Crippen LogP contribution in [0, 0.1) is 5.92 Å². The van der Waals surface area contributed by atoms with Crippen LogP contribution in [-0.2, 0) is 21.0 Å². The molecule has 0 radical (unpaired) electrons. The molecule has 1 atom stereocenters. The maximum absolute atomic E-state index is 12.8. The Morgan fingerprint density at radius 2 is 2.00 bits per heavy atom. The van der Waals surface area contributed by atoms with Crippen LogP contribution >= 0.6 is 0 Å². The smallest absolute Gasteiger partial charge is 0.342 e. The monoisotopic (exact) mass is 406 g/mol. The van der Waals surface area contributed by atoms with Gasteiger partial charge in [-0.15, -0.1) is 0 Å². The number of nitrogens with zero attached hydrogens (tertiary/aromatic N) is 1. The molecule has 0 aromatic heterocycles. The van der Waals surface area contributed by atoms with E-state index >= 15 is 0 Å². The largest absolute Gasteiger partial charge is 0.416 e. The summed E-state index contributed by atoms with van der Waals surface area (Å²) in [6.07, 6.45) is 0.381. The molecule has 0 spiro atoms. The minimum absolute atomic E-state index is 0.359. The number of rotatable bonds is 6. The van der Waals surface area contributed by atoms with Crippen molar-refractivity contribution in [3.63, 3.8) is 0 Å². The van der Waals surface area contributed by atoms with Crippen molar-refractivity contribution in [2.75, 3.05) is 19.6 Å². The predicted molar refractivity (Wildman–Crippen MR) is 95.5 cm³/mol. The first-order valence-corrected chi connectivity index (χ1v) is 10.6. The first kappa shape index (κ1) is 21.7. The standard InChI is InChI=1S/C18H25F3N2O3S/c1-2-5-14-6-4-10-23(11-9-14)17(24)13-22-27(25,26)16-8-3-7-15(12-16)18(19,20)21/h3,7-8,12,14,22H,2,4-6,9-11,13H2,1H3. The molecule has 0 bridgehead atoms. The van der Waals surface area contributed by atoms with Crippen molar-refractivity contribution in [2.45, 2.75) is 50.1 Å². The van der Waals surface area contributed by atoms with Gasteiger partial charge in [-0.1, -0.05) is 25.8 Å². The van der Waals surface area contributed by atoms with Gasteiger partial charge >= 0.3 is 6.18 Å². The first-order chi connectivity index (χ1) is 12.6. The molecule has 0 saturated carbocycles. The second-order valence-electron chi connectivity index (χ2n) is 6.82. The van der Waals surface area contributed by atoms with Crippen LogP contribution in [0.5, 0.6) is 0 Å².